The Morgan fingerprint density at radius 2 is 1.95 bits per heavy atom. The number of nitrogens with one attached hydrogen (secondary N) is 2. The van der Waals surface area contributed by atoms with Gasteiger partial charge in [0.2, 0.25) is 5.91 Å². The number of amides is 1. The highest BCUT2D eigenvalue weighted by Crippen LogP contribution is 2.28. The second kappa shape index (κ2) is 6.99. The number of anilines is 2. The van der Waals surface area contributed by atoms with Crippen molar-refractivity contribution in [3.63, 3.8) is 0 Å². The van der Waals surface area contributed by atoms with Crippen LogP contribution < -0.4 is 15.4 Å². The van der Waals surface area contributed by atoms with Gasteiger partial charge in [0.15, 0.2) is 0 Å². The van der Waals surface area contributed by atoms with Crippen LogP contribution in [-0.2, 0) is 11.3 Å². The van der Waals surface area contributed by atoms with Crippen LogP contribution >= 0.6 is 11.6 Å². The van der Waals surface area contributed by atoms with E-state index in [1.165, 1.54) is 6.92 Å². The van der Waals surface area contributed by atoms with Gasteiger partial charge >= 0.3 is 0 Å². The van der Waals surface area contributed by atoms with Crippen LogP contribution in [0.15, 0.2) is 42.5 Å². The summed E-state index contributed by atoms with van der Waals surface area (Å²) in [5.41, 5.74) is 2.58. The molecule has 5 heteroatoms. The molecule has 4 nitrogen and oxygen atoms in total. The van der Waals surface area contributed by atoms with E-state index in [0.29, 0.717) is 11.6 Å². The Bertz CT molecular complexity index is 644. The van der Waals surface area contributed by atoms with Gasteiger partial charge in [0.05, 0.1) is 12.8 Å². The number of benzene rings is 2. The standard InChI is InChI=1S/C16H17ClN2O2/c1-11(20)19-14-6-4-3-5-12(14)10-18-15-9-13(17)7-8-16(15)21-2/h3-9,18H,10H2,1-2H3,(H,19,20). The van der Waals surface area contributed by atoms with E-state index in [4.69, 9.17) is 16.3 Å². The summed E-state index contributed by atoms with van der Waals surface area (Å²) in [6, 6.07) is 13.0. The predicted octanol–water partition coefficient (Wildman–Crippen LogP) is 3.92. The van der Waals surface area contributed by atoms with Crippen LogP contribution in [0, 0.1) is 0 Å². The molecule has 21 heavy (non-hydrogen) atoms. The third kappa shape index (κ3) is 4.13. The van der Waals surface area contributed by atoms with Gasteiger partial charge in [-0.15, -0.1) is 0 Å². The lowest BCUT2D eigenvalue weighted by molar-refractivity contribution is -0.114. The Labute approximate surface area is 129 Å². The number of hydrogen-bond acceptors (Lipinski definition) is 3. The van der Waals surface area contributed by atoms with Crippen molar-refractivity contribution in [1.82, 2.24) is 0 Å². The Morgan fingerprint density at radius 1 is 1.19 bits per heavy atom. The zero-order valence-corrected chi connectivity index (χ0v) is 12.7. The van der Waals surface area contributed by atoms with Crippen LogP contribution in [0.3, 0.4) is 0 Å². The minimum Gasteiger partial charge on any atom is -0.495 e. The first-order valence-corrected chi connectivity index (χ1v) is 6.91. The van der Waals surface area contributed by atoms with Crippen LogP contribution in [0.4, 0.5) is 11.4 Å². The highest BCUT2D eigenvalue weighted by molar-refractivity contribution is 6.30. The monoisotopic (exact) mass is 304 g/mol. The van der Waals surface area contributed by atoms with E-state index in [9.17, 15) is 4.79 Å². The number of para-hydroxylation sites is 1. The average Bonchev–Trinajstić information content (AvgIpc) is 2.46. The second-order valence-electron chi connectivity index (χ2n) is 4.54. The molecule has 0 heterocycles. The number of rotatable bonds is 5. The van der Waals surface area contributed by atoms with Crippen molar-refractivity contribution in [2.75, 3.05) is 17.7 Å². The lowest BCUT2D eigenvalue weighted by Gasteiger charge is -2.14. The van der Waals surface area contributed by atoms with E-state index in [1.807, 2.05) is 30.3 Å². The summed E-state index contributed by atoms with van der Waals surface area (Å²) in [7, 11) is 1.61. The number of methoxy groups -OCH3 is 1. The molecule has 1 amide bonds. The molecule has 0 saturated heterocycles. The largest absolute Gasteiger partial charge is 0.495 e. The van der Waals surface area contributed by atoms with E-state index in [1.54, 1.807) is 19.2 Å². The molecule has 0 bridgehead atoms. The van der Waals surface area contributed by atoms with Crippen molar-refractivity contribution < 1.29 is 9.53 Å². The highest BCUT2D eigenvalue weighted by atomic mass is 35.5. The molecule has 2 aromatic rings. The summed E-state index contributed by atoms with van der Waals surface area (Å²) < 4.78 is 5.29. The summed E-state index contributed by atoms with van der Waals surface area (Å²) in [6.45, 7) is 2.04. The summed E-state index contributed by atoms with van der Waals surface area (Å²) in [4.78, 5) is 11.2. The van der Waals surface area contributed by atoms with Gasteiger partial charge in [0.1, 0.15) is 5.75 Å². The number of ether oxygens (including phenoxy) is 1. The summed E-state index contributed by atoms with van der Waals surface area (Å²) in [6.07, 6.45) is 0. The SMILES string of the molecule is COc1ccc(Cl)cc1NCc1ccccc1NC(C)=O. The zero-order chi connectivity index (χ0) is 15.2. The Morgan fingerprint density at radius 3 is 2.67 bits per heavy atom. The summed E-state index contributed by atoms with van der Waals surface area (Å²) in [5.74, 6) is 0.624. The van der Waals surface area contributed by atoms with E-state index < -0.39 is 0 Å². The topological polar surface area (TPSA) is 50.4 Å². The van der Waals surface area contributed by atoms with Gasteiger partial charge in [0, 0.05) is 24.2 Å². The van der Waals surface area contributed by atoms with E-state index >= 15 is 0 Å². The maximum atomic E-state index is 11.2. The second-order valence-corrected chi connectivity index (χ2v) is 4.97. The van der Waals surface area contributed by atoms with Gasteiger partial charge < -0.3 is 15.4 Å². The van der Waals surface area contributed by atoms with E-state index in [0.717, 1.165) is 22.7 Å². The molecule has 110 valence electrons. The highest BCUT2D eigenvalue weighted by Gasteiger charge is 2.06. The molecular weight excluding hydrogens is 288 g/mol. The van der Waals surface area contributed by atoms with E-state index in [2.05, 4.69) is 10.6 Å². The maximum absolute atomic E-state index is 11.2. The summed E-state index contributed by atoms with van der Waals surface area (Å²) >= 11 is 6.00. The fourth-order valence-corrected chi connectivity index (χ4v) is 2.17. The van der Waals surface area contributed by atoms with Crippen LogP contribution in [0.25, 0.3) is 0 Å². The Kier molecular flexibility index (Phi) is 5.06. The first kappa shape index (κ1) is 15.2. The fraction of sp³-hybridized carbons (Fsp3) is 0.188. The Balaban J connectivity index is 2.17. The third-order valence-corrected chi connectivity index (χ3v) is 3.19. The van der Waals surface area contributed by atoms with E-state index in [-0.39, 0.29) is 5.91 Å². The van der Waals surface area contributed by atoms with Crippen molar-refractivity contribution in [2.24, 2.45) is 0 Å². The first-order chi connectivity index (χ1) is 10.1. The van der Waals surface area contributed by atoms with Crippen molar-refractivity contribution >= 4 is 28.9 Å². The van der Waals surface area contributed by atoms with Crippen molar-refractivity contribution in [3.05, 3.63) is 53.1 Å². The average molecular weight is 305 g/mol. The van der Waals surface area contributed by atoms with Gasteiger partial charge in [-0.3, -0.25) is 4.79 Å². The quantitative estimate of drug-likeness (QED) is 0.880. The van der Waals surface area contributed by atoms with Crippen LogP contribution in [-0.4, -0.2) is 13.0 Å². The number of halogens is 1. The van der Waals surface area contributed by atoms with Gasteiger partial charge in [-0.1, -0.05) is 29.8 Å². The zero-order valence-electron chi connectivity index (χ0n) is 11.9. The van der Waals surface area contributed by atoms with Crippen molar-refractivity contribution in [2.45, 2.75) is 13.5 Å². The molecule has 0 radical (unpaired) electrons. The van der Waals surface area contributed by atoms with Crippen LogP contribution in [0.5, 0.6) is 5.75 Å². The molecule has 0 atom stereocenters. The normalized spacial score (nSPS) is 10.0. The van der Waals surface area contributed by atoms with Crippen LogP contribution in [0.1, 0.15) is 12.5 Å². The van der Waals surface area contributed by atoms with Gasteiger partial charge in [-0.05, 0) is 29.8 Å². The molecule has 2 rings (SSSR count). The summed E-state index contributed by atoms with van der Waals surface area (Å²) in [5, 5.41) is 6.72. The maximum Gasteiger partial charge on any atom is 0.221 e. The number of carbonyl (C=O) groups excluding carboxylic acids is 1. The lowest BCUT2D eigenvalue weighted by Crippen LogP contribution is -2.10. The molecular formula is C16H17ClN2O2. The smallest absolute Gasteiger partial charge is 0.221 e. The Hall–Kier alpha value is -2.20. The van der Waals surface area contributed by atoms with Gasteiger partial charge in [0.25, 0.3) is 0 Å². The van der Waals surface area contributed by atoms with Crippen LogP contribution in [0.2, 0.25) is 5.02 Å². The molecule has 0 unspecified atom stereocenters. The fourth-order valence-electron chi connectivity index (χ4n) is 1.99. The first-order valence-electron chi connectivity index (χ1n) is 6.53. The molecule has 0 aliphatic rings. The predicted molar refractivity (Wildman–Crippen MR) is 86.1 cm³/mol. The van der Waals surface area contributed by atoms with Crippen molar-refractivity contribution in [3.8, 4) is 5.75 Å². The lowest BCUT2D eigenvalue weighted by atomic mass is 10.1. The minimum absolute atomic E-state index is 0.0946. The van der Waals surface area contributed by atoms with Crippen molar-refractivity contribution in [1.29, 1.82) is 0 Å². The molecule has 2 aromatic carbocycles. The molecule has 0 aliphatic heterocycles. The van der Waals surface area contributed by atoms with Gasteiger partial charge in [-0.2, -0.15) is 0 Å². The minimum atomic E-state index is -0.0946. The molecule has 0 fully saturated rings. The number of carbonyl (C=O) groups is 1. The third-order valence-electron chi connectivity index (χ3n) is 2.96. The molecule has 0 aromatic heterocycles. The molecule has 0 spiro atoms. The van der Waals surface area contributed by atoms with Gasteiger partial charge in [-0.25, -0.2) is 0 Å². The molecule has 0 saturated carbocycles. The molecule has 2 N–H and O–H groups in total. The number of hydrogen-bond donors (Lipinski definition) is 2. The molecule has 0 aliphatic carbocycles.